The minimum Gasteiger partial charge on any atom is -0.444 e. The molecule has 1 aromatic heterocycles. The molecule has 1 aliphatic rings. The van der Waals surface area contributed by atoms with Crippen molar-refractivity contribution in [1.82, 2.24) is 15.2 Å². The minimum atomic E-state index is -4.31. The summed E-state index contributed by atoms with van der Waals surface area (Å²) in [6.45, 7) is 7.39. The minimum absolute atomic E-state index is 0.563. The van der Waals surface area contributed by atoms with E-state index in [1.807, 2.05) is 35.2 Å². The van der Waals surface area contributed by atoms with Gasteiger partial charge in [0.15, 0.2) is 0 Å². The first-order valence-electron chi connectivity index (χ1n) is 11.8. The fourth-order valence-electron chi connectivity index (χ4n) is 4.24. The molecule has 0 aliphatic carbocycles. The molecule has 1 saturated heterocycles. The molecule has 1 fully saturated rings. The summed E-state index contributed by atoms with van der Waals surface area (Å²) in [7, 11) is 0. The molecule has 3 aromatic rings. The zero-order valence-corrected chi connectivity index (χ0v) is 19.4. The summed E-state index contributed by atoms with van der Waals surface area (Å²) in [5.74, 6) is 1.62. The maximum Gasteiger partial charge on any atom is 0.416 e. The maximum absolute atomic E-state index is 13.0. The predicted octanol–water partition coefficient (Wildman–Crippen LogP) is 5.22. The van der Waals surface area contributed by atoms with E-state index in [0.717, 1.165) is 62.1 Å². The van der Waals surface area contributed by atoms with Crippen molar-refractivity contribution in [2.24, 2.45) is 0 Å². The Labute approximate surface area is 198 Å². The third-order valence-electron chi connectivity index (χ3n) is 6.06. The third kappa shape index (κ3) is 6.18. The van der Waals surface area contributed by atoms with Crippen LogP contribution in [0.1, 0.15) is 30.6 Å². The fraction of sp³-hybridized carbons (Fsp3) is 0.423. The van der Waals surface area contributed by atoms with E-state index in [1.165, 1.54) is 12.1 Å². The number of benzene rings is 2. The smallest absolute Gasteiger partial charge is 0.416 e. The summed E-state index contributed by atoms with van der Waals surface area (Å²) in [4.78, 5) is 9.07. The molecule has 1 aliphatic heterocycles. The first-order chi connectivity index (χ1) is 16.4. The first kappa shape index (κ1) is 24.3. The number of piperazine rings is 1. The Bertz CT molecular complexity index is 1040. The molecule has 34 heavy (non-hydrogen) atoms. The van der Waals surface area contributed by atoms with Crippen LogP contribution in [0.4, 0.5) is 18.9 Å². The molecule has 0 radical (unpaired) electrons. The van der Waals surface area contributed by atoms with Crippen molar-refractivity contribution in [2.45, 2.75) is 32.5 Å². The molecule has 4 rings (SSSR count). The highest BCUT2D eigenvalue weighted by Gasteiger charge is 2.31. The number of aryl methyl sites for hydroxylation is 1. The van der Waals surface area contributed by atoms with Crippen LogP contribution in [0.5, 0.6) is 0 Å². The topological polar surface area (TPSA) is 44.5 Å². The Kier molecular flexibility index (Phi) is 7.90. The van der Waals surface area contributed by atoms with Gasteiger partial charge >= 0.3 is 6.18 Å². The van der Waals surface area contributed by atoms with Crippen molar-refractivity contribution in [2.75, 3.05) is 44.2 Å². The largest absolute Gasteiger partial charge is 0.444 e. The van der Waals surface area contributed by atoms with Gasteiger partial charge in [-0.05, 0) is 24.6 Å². The fourth-order valence-corrected chi connectivity index (χ4v) is 4.24. The quantitative estimate of drug-likeness (QED) is 0.433. The number of nitrogens with one attached hydrogen (secondary N) is 1. The van der Waals surface area contributed by atoms with Crippen LogP contribution in [0, 0.1) is 0 Å². The number of hydrogen-bond acceptors (Lipinski definition) is 5. The molecule has 182 valence electrons. The van der Waals surface area contributed by atoms with Gasteiger partial charge < -0.3 is 14.6 Å². The molecular weight excluding hydrogens is 441 g/mol. The van der Waals surface area contributed by atoms with E-state index >= 15 is 0 Å². The van der Waals surface area contributed by atoms with Crippen LogP contribution in [0.2, 0.25) is 0 Å². The SMILES string of the molecule is CCCc1oc(CNCCN2CCN(c3cccc(C(F)(F)F)c3)CC2)nc1-c1ccccc1. The average molecular weight is 473 g/mol. The Hall–Kier alpha value is -2.84. The van der Waals surface area contributed by atoms with E-state index in [-0.39, 0.29) is 0 Å². The van der Waals surface area contributed by atoms with Crippen LogP contribution in [0.25, 0.3) is 11.3 Å². The van der Waals surface area contributed by atoms with Crippen LogP contribution in [-0.2, 0) is 19.1 Å². The van der Waals surface area contributed by atoms with Gasteiger partial charge in [-0.15, -0.1) is 0 Å². The van der Waals surface area contributed by atoms with Crippen molar-refractivity contribution < 1.29 is 17.6 Å². The Morgan fingerprint density at radius 1 is 1.00 bits per heavy atom. The summed E-state index contributed by atoms with van der Waals surface area (Å²) < 4.78 is 45.0. The molecule has 0 saturated carbocycles. The normalized spacial score (nSPS) is 15.1. The molecule has 2 aromatic carbocycles. The molecular formula is C26H31F3N4O. The van der Waals surface area contributed by atoms with Crippen LogP contribution >= 0.6 is 0 Å². The van der Waals surface area contributed by atoms with E-state index < -0.39 is 11.7 Å². The number of alkyl halides is 3. The zero-order valence-electron chi connectivity index (χ0n) is 19.4. The highest BCUT2D eigenvalue weighted by atomic mass is 19.4. The standard InChI is InChI=1S/C26H31F3N4O/c1-2-7-23-25(20-8-4-3-5-9-20)31-24(34-23)19-30-12-13-32-14-16-33(17-15-32)22-11-6-10-21(18-22)26(27,28)29/h3-6,8-11,18,30H,2,7,12-17,19H2,1H3. The lowest BCUT2D eigenvalue weighted by Crippen LogP contribution is -2.48. The van der Waals surface area contributed by atoms with Crippen molar-refractivity contribution >= 4 is 5.69 Å². The van der Waals surface area contributed by atoms with Gasteiger partial charge in [0.1, 0.15) is 11.5 Å². The second kappa shape index (κ2) is 11.1. The van der Waals surface area contributed by atoms with Gasteiger partial charge in [-0.2, -0.15) is 13.2 Å². The zero-order chi connectivity index (χ0) is 24.0. The summed E-state index contributed by atoms with van der Waals surface area (Å²) in [6.07, 6.45) is -2.47. The van der Waals surface area contributed by atoms with E-state index in [0.29, 0.717) is 31.2 Å². The number of anilines is 1. The second-order valence-electron chi connectivity index (χ2n) is 8.55. The lowest BCUT2D eigenvalue weighted by molar-refractivity contribution is -0.137. The van der Waals surface area contributed by atoms with Gasteiger partial charge in [0, 0.05) is 56.9 Å². The summed E-state index contributed by atoms with van der Waals surface area (Å²) in [5, 5.41) is 3.41. The number of aromatic nitrogens is 1. The number of oxazole rings is 1. The van der Waals surface area contributed by atoms with Crippen LogP contribution in [-0.4, -0.2) is 49.2 Å². The van der Waals surface area contributed by atoms with Gasteiger partial charge in [0.05, 0.1) is 12.1 Å². The summed E-state index contributed by atoms with van der Waals surface area (Å²) in [5.41, 5.74) is 2.03. The van der Waals surface area contributed by atoms with Crippen LogP contribution < -0.4 is 10.2 Å². The molecule has 8 heteroatoms. The van der Waals surface area contributed by atoms with Crippen LogP contribution in [0.15, 0.2) is 59.0 Å². The van der Waals surface area contributed by atoms with Gasteiger partial charge in [-0.25, -0.2) is 4.98 Å². The molecule has 0 bridgehead atoms. The Balaban J connectivity index is 1.24. The van der Waals surface area contributed by atoms with Crippen molar-refractivity contribution in [3.05, 3.63) is 71.8 Å². The molecule has 0 spiro atoms. The van der Waals surface area contributed by atoms with E-state index in [1.54, 1.807) is 6.07 Å². The second-order valence-corrected chi connectivity index (χ2v) is 8.55. The van der Waals surface area contributed by atoms with E-state index in [9.17, 15) is 13.2 Å². The molecule has 2 heterocycles. The molecule has 0 amide bonds. The van der Waals surface area contributed by atoms with E-state index in [2.05, 4.69) is 17.1 Å². The Morgan fingerprint density at radius 2 is 1.76 bits per heavy atom. The monoisotopic (exact) mass is 472 g/mol. The van der Waals surface area contributed by atoms with Crippen molar-refractivity contribution in [3.63, 3.8) is 0 Å². The summed E-state index contributed by atoms with van der Waals surface area (Å²) >= 11 is 0. The maximum atomic E-state index is 13.0. The lowest BCUT2D eigenvalue weighted by Gasteiger charge is -2.36. The average Bonchev–Trinajstić information content (AvgIpc) is 3.25. The number of hydrogen-bond donors (Lipinski definition) is 1. The highest BCUT2D eigenvalue weighted by molar-refractivity contribution is 5.61. The molecule has 0 atom stereocenters. The van der Waals surface area contributed by atoms with Gasteiger partial charge in [0.25, 0.3) is 0 Å². The summed E-state index contributed by atoms with van der Waals surface area (Å²) in [6, 6.07) is 15.7. The first-order valence-corrected chi connectivity index (χ1v) is 11.8. The Morgan fingerprint density at radius 3 is 2.47 bits per heavy atom. The number of nitrogens with zero attached hydrogens (tertiary/aromatic N) is 3. The number of halogens is 3. The molecule has 1 N–H and O–H groups in total. The highest BCUT2D eigenvalue weighted by Crippen LogP contribution is 2.32. The lowest BCUT2D eigenvalue weighted by atomic mass is 10.1. The third-order valence-corrected chi connectivity index (χ3v) is 6.06. The molecule has 0 unspecified atom stereocenters. The van der Waals surface area contributed by atoms with Crippen molar-refractivity contribution in [1.29, 1.82) is 0 Å². The predicted molar refractivity (Wildman–Crippen MR) is 128 cm³/mol. The van der Waals surface area contributed by atoms with Gasteiger partial charge in [-0.3, -0.25) is 4.90 Å². The van der Waals surface area contributed by atoms with Gasteiger partial charge in [-0.1, -0.05) is 43.3 Å². The molecule has 5 nitrogen and oxygen atoms in total. The van der Waals surface area contributed by atoms with E-state index in [4.69, 9.17) is 9.40 Å². The van der Waals surface area contributed by atoms with Crippen LogP contribution in [0.3, 0.4) is 0 Å². The van der Waals surface area contributed by atoms with Gasteiger partial charge in [0.2, 0.25) is 5.89 Å². The number of rotatable bonds is 9. The van der Waals surface area contributed by atoms with Crippen molar-refractivity contribution in [3.8, 4) is 11.3 Å².